The van der Waals surface area contributed by atoms with E-state index in [0.717, 1.165) is 0 Å². The SMILES string of the molecule is C=C[C@@]1(C)CC(=O)[C@]2(O)[C@]3(C)[C@@H]([C@H](O)C[C@@]2(C)O1)C(C)(C)CC[C@@]3(O)OC(=O)NOC(=O)NCCN(C)C. The Morgan fingerprint density at radius 3 is 2.37 bits per heavy atom. The molecular formula is C26H43N3O9. The van der Waals surface area contributed by atoms with E-state index in [1.54, 1.807) is 6.92 Å². The van der Waals surface area contributed by atoms with Crippen LogP contribution >= 0.6 is 0 Å². The normalized spacial score (nSPS) is 41.9. The van der Waals surface area contributed by atoms with E-state index in [0.29, 0.717) is 13.0 Å². The van der Waals surface area contributed by atoms with Crippen LogP contribution < -0.4 is 10.8 Å². The quantitative estimate of drug-likeness (QED) is 0.194. The van der Waals surface area contributed by atoms with E-state index in [9.17, 15) is 29.7 Å². The summed E-state index contributed by atoms with van der Waals surface area (Å²) in [5.74, 6) is -3.94. The molecule has 12 nitrogen and oxygen atoms in total. The predicted octanol–water partition coefficient (Wildman–Crippen LogP) is 1.24. The van der Waals surface area contributed by atoms with E-state index >= 15 is 0 Å². The largest absolute Gasteiger partial charge is 0.443 e. The van der Waals surface area contributed by atoms with Gasteiger partial charge in [-0.15, -0.1) is 12.1 Å². The van der Waals surface area contributed by atoms with Gasteiger partial charge < -0.3 is 39.8 Å². The van der Waals surface area contributed by atoms with Crippen LogP contribution in [0.25, 0.3) is 0 Å². The number of amides is 2. The van der Waals surface area contributed by atoms with Crippen molar-refractivity contribution in [3.05, 3.63) is 12.7 Å². The number of rotatable bonds is 5. The molecule has 3 rings (SSSR count). The van der Waals surface area contributed by atoms with Gasteiger partial charge in [0.1, 0.15) is 5.60 Å². The zero-order valence-corrected chi connectivity index (χ0v) is 23.4. The maximum absolute atomic E-state index is 13.8. The van der Waals surface area contributed by atoms with Crippen LogP contribution in [0.5, 0.6) is 0 Å². The molecule has 5 N–H and O–H groups in total. The van der Waals surface area contributed by atoms with Crippen molar-refractivity contribution in [3.63, 3.8) is 0 Å². The minimum Gasteiger partial charge on any atom is -0.414 e. The second-order valence-corrected chi connectivity index (χ2v) is 12.5. The Labute approximate surface area is 223 Å². The molecule has 1 heterocycles. The van der Waals surface area contributed by atoms with Crippen molar-refractivity contribution in [2.45, 2.75) is 89.0 Å². The van der Waals surface area contributed by atoms with Crippen LogP contribution in [0.3, 0.4) is 0 Å². The molecule has 1 aliphatic heterocycles. The lowest BCUT2D eigenvalue weighted by Gasteiger charge is -2.71. The summed E-state index contributed by atoms with van der Waals surface area (Å²) >= 11 is 0. The fraction of sp³-hybridized carbons (Fsp3) is 0.808. The summed E-state index contributed by atoms with van der Waals surface area (Å²) in [7, 11) is 3.65. The first kappa shape index (κ1) is 30.3. The van der Waals surface area contributed by atoms with Gasteiger partial charge in [-0.25, -0.2) is 9.59 Å². The van der Waals surface area contributed by atoms with Gasteiger partial charge >= 0.3 is 12.2 Å². The van der Waals surface area contributed by atoms with Crippen molar-refractivity contribution in [1.29, 1.82) is 0 Å². The van der Waals surface area contributed by atoms with Crippen molar-refractivity contribution < 1.29 is 44.0 Å². The average Bonchev–Trinajstić information content (AvgIpc) is 2.77. The van der Waals surface area contributed by atoms with Crippen LogP contribution in [0.2, 0.25) is 0 Å². The molecule has 3 fully saturated rings. The highest BCUT2D eigenvalue weighted by Gasteiger charge is 2.82. The van der Waals surface area contributed by atoms with Gasteiger partial charge in [0.25, 0.3) is 0 Å². The lowest BCUT2D eigenvalue weighted by molar-refractivity contribution is -0.398. The van der Waals surface area contributed by atoms with Gasteiger partial charge in [0, 0.05) is 38.3 Å². The van der Waals surface area contributed by atoms with E-state index in [-0.39, 0.29) is 25.8 Å². The maximum Gasteiger partial charge on any atom is 0.443 e. The minimum atomic E-state index is -2.44. The van der Waals surface area contributed by atoms with E-state index in [1.165, 1.54) is 19.9 Å². The molecule has 2 amide bonds. The number of likely N-dealkylation sites (N-methyl/N-ethyl adjacent to an activating group) is 1. The smallest absolute Gasteiger partial charge is 0.414 e. The second-order valence-electron chi connectivity index (χ2n) is 12.5. The van der Waals surface area contributed by atoms with Crippen LogP contribution in [0.4, 0.5) is 9.59 Å². The molecular weight excluding hydrogens is 498 g/mol. The van der Waals surface area contributed by atoms with Crippen molar-refractivity contribution in [2.75, 3.05) is 27.2 Å². The highest BCUT2D eigenvalue weighted by atomic mass is 16.8. The number of hydrogen-bond donors (Lipinski definition) is 5. The third kappa shape index (κ3) is 4.60. The first-order chi connectivity index (χ1) is 17.3. The standard InChI is InChI=1S/C26H43N3O9/c1-9-22(4)15-17(31)26(35)23(5,38-22)14-16(30)18-21(2,3)10-11-25(34,24(18,26)6)36-20(33)28-37-19(32)27-12-13-29(7)8/h9,16,18,30,34-35H,1,10-15H2,2-8H3,(H,27,32)(H,28,33)/t16-,18+,22+,23-,24-,25-,26-/m1/s1. The number of ketones is 1. The zero-order valence-electron chi connectivity index (χ0n) is 23.4. The topological polar surface area (TPSA) is 167 Å². The van der Waals surface area contributed by atoms with Gasteiger partial charge in [0.05, 0.1) is 17.1 Å². The summed E-state index contributed by atoms with van der Waals surface area (Å²) < 4.78 is 11.7. The lowest BCUT2D eigenvalue weighted by Crippen LogP contribution is -2.85. The Morgan fingerprint density at radius 1 is 1.16 bits per heavy atom. The number of carbonyl (C=O) groups is 3. The molecule has 12 heteroatoms. The van der Waals surface area contributed by atoms with Crippen LogP contribution in [-0.2, 0) is 19.1 Å². The van der Waals surface area contributed by atoms with Gasteiger partial charge in [-0.2, -0.15) is 0 Å². The third-order valence-electron chi connectivity index (χ3n) is 9.01. The van der Waals surface area contributed by atoms with Crippen LogP contribution in [-0.4, -0.2) is 94.1 Å². The summed E-state index contributed by atoms with van der Waals surface area (Å²) in [4.78, 5) is 45.0. The molecule has 0 radical (unpaired) electrons. The number of fused-ring (bicyclic) bond motifs is 3. The van der Waals surface area contributed by atoms with Gasteiger partial charge in [-0.05, 0) is 46.7 Å². The van der Waals surface area contributed by atoms with Crippen LogP contribution in [0.1, 0.15) is 60.3 Å². The molecule has 0 aromatic heterocycles. The Hall–Kier alpha value is -2.25. The van der Waals surface area contributed by atoms with Crippen LogP contribution in [0.15, 0.2) is 12.7 Å². The van der Waals surface area contributed by atoms with Crippen molar-refractivity contribution in [2.24, 2.45) is 16.7 Å². The molecule has 0 aromatic carbocycles. The number of nitrogens with one attached hydrogen (secondary N) is 2. The number of carbonyl (C=O) groups excluding carboxylic acids is 3. The summed E-state index contributed by atoms with van der Waals surface area (Å²) in [6.45, 7) is 12.9. The molecule has 2 aliphatic carbocycles. The third-order valence-corrected chi connectivity index (χ3v) is 9.01. The van der Waals surface area contributed by atoms with E-state index in [1.807, 2.05) is 38.3 Å². The molecule has 7 atom stereocenters. The fourth-order valence-electron chi connectivity index (χ4n) is 7.21. The number of nitrogens with zero attached hydrogens (tertiary/aromatic N) is 1. The highest BCUT2D eigenvalue weighted by molar-refractivity contribution is 5.92. The molecule has 0 unspecified atom stereocenters. The Bertz CT molecular complexity index is 989. The zero-order chi connectivity index (χ0) is 28.9. The van der Waals surface area contributed by atoms with Crippen LogP contribution in [0, 0.1) is 16.7 Å². The molecule has 3 aliphatic rings. The summed E-state index contributed by atoms with van der Waals surface area (Å²) in [6, 6.07) is 0. The molecule has 38 heavy (non-hydrogen) atoms. The Morgan fingerprint density at radius 2 is 1.79 bits per heavy atom. The lowest BCUT2D eigenvalue weighted by atomic mass is 9.39. The number of aliphatic hydroxyl groups is 3. The summed E-state index contributed by atoms with van der Waals surface area (Å²) in [6.07, 6.45) is -2.10. The van der Waals surface area contributed by atoms with Crippen molar-refractivity contribution >= 4 is 18.0 Å². The summed E-state index contributed by atoms with van der Waals surface area (Å²) in [5.41, 5.74) is -5.87. The van der Waals surface area contributed by atoms with E-state index in [2.05, 4.69) is 11.9 Å². The van der Waals surface area contributed by atoms with Gasteiger partial charge in [0.15, 0.2) is 11.4 Å². The second kappa shape index (κ2) is 9.74. The van der Waals surface area contributed by atoms with Gasteiger partial charge in [-0.1, -0.05) is 19.9 Å². The Kier molecular flexibility index (Phi) is 7.76. The molecule has 0 bridgehead atoms. The number of hydrogen-bond acceptors (Lipinski definition) is 10. The van der Waals surface area contributed by atoms with Gasteiger partial charge in [0.2, 0.25) is 5.79 Å². The minimum absolute atomic E-state index is 0.0964. The Balaban J connectivity index is 1.96. The number of Topliss-reactive ketones (excluding diaryl/α,β-unsaturated/α-hetero) is 1. The van der Waals surface area contributed by atoms with E-state index < -0.39 is 63.4 Å². The monoisotopic (exact) mass is 541 g/mol. The molecule has 0 spiro atoms. The average molecular weight is 542 g/mol. The molecule has 0 aromatic rings. The fourth-order valence-corrected chi connectivity index (χ4v) is 7.21. The maximum atomic E-state index is 13.8. The highest BCUT2D eigenvalue weighted by Crippen LogP contribution is 2.69. The van der Waals surface area contributed by atoms with Crippen molar-refractivity contribution in [3.8, 4) is 0 Å². The molecule has 2 saturated carbocycles. The van der Waals surface area contributed by atoms with Crippen molar-refractivity contribution in [1.82, 2.24) is 15.7 Å². The molecule has 1 saturated heterocycles. The summed E-state index contributed by atoms with van der Waals surface area (Å²) in [5, 5.41) is 38.2. The first-order valence-corrected chi connectivity index (χ1v) is 12.9. The first-order valence-electron chi connectivity index (χ1n) is 12.9. The number of aliphatic hydroxyl groups excluding tert-OH is 1. The van der Waals surface area contributed by atoms with E-state index in [4.69, 9.17) is 14.3 Å². The predicted molar refractivity (Wildman–Crippen MR) is 136 cm³/mol. The molecule has 216 valence electrons. The number of ether oxygens (including phenoxy) is 2. The number of hydroxylamine groups is 1. The van der Waals surface area contributed by atoms with Gasteiger partial charge in [-0.3, -0.25) is 4.79 Å².